The summed E-state index contributed by atoms with van der Waals surface area (Å²) < 4.78 is 7.84. The second kappa shape index (κ2) is 5.76. The van der Waals surface area contributed by atoms with Gasteiger partial charge in [0.05, 0.1) is 0 Å². The first-order valence-corrected chi connectivity index (χ1v) is 7.54. The van der Waals surface area contributed by atoms with Crippen LogP contribution < -0.4 is 4.90 Å². The topological polar surface area (TPSA) is 63.2 Å². The normalized spacial score (nSPS) is 16.5. The fourth-order valence-electron chi connectivity index (χ4n) is 2.75. The molecule has 7 heteroatoms. The molecule has 1 aromatic carbocycles. The van der Waals surface area contributed by atoms with Gasteiger partial charge in [-0.15, -0.1) is 10.2 Å². The lowest BCUT2D eigenvalue weighted by molar-refractivity contribution is 0.244. The molecular weight excluding hydrogens is 280 g/mol. The zero-order valence-electron chi connectivity index (χ0n) is 12.3. The summed E-state index contributed by atoms with van der Waals surface area (Å²) in [5, 5.41) is 7.65. The van der Waals surface area contributed by atoms with E-state index >= 15 is 0 Å². The molecule has 0 unspecified atom stereocenters. The van der Waals surface area contributed by atoms with Crippen LogP contribution >= 0.6 is 0 Å². The first-order chi connectivity index (χ1) is 10.9. The Labute approximate surface area is 128 Å². The number of benzene rings is 1. The van der Waals surface area contributed by atoms with Crippen LogP contribution in [0.5, 0.6) is 0 Å². The molecule has 0 atom stereocenters. The van der Waals surface area contributed by atoms with Gasteiger partial charge in [-0.2, -0.15) is 4.98 Å². The van der Waals surface area contributed by atoms with E-state index in [-0.39, 0.29) is 0 Å². The van der Waals surface area contributed by atoms with E-state index in [0.29, 0.717) is 0 Å². The predicted molar refractivity (Wildman–Crippen MR) is 82.7 cm³/mol. The minimum absolute atomic E-state index is 0.736. The predicted octanol–water partition coefficient (Wildman–Crippen LogP) is 1.24. The highest BCUT2D eigenvalue weighted by Crippen LogP contribution is 2.22. The molecule has 3 aromatic rings. The molecule has 114 valence electrons. The van der Waals surface area contributed by atoms with E-state index in [1.54, 1.807) is 12.7 Å². The zero-order chi connectivity index (χ0) is 14.8. The summed E-state index contributed by atoms with van der Waals surface area (Å²) in [6.45, 7) is 5.85. The van der Waals surface area contributed by atoms with Crippen LogP contribution in [-0.2, 0) is 6.54 Å². The lowest BCUT2D eigenvalue weighted by atomic mass is 10.3. The van der Waals surface area contributed by atoms with Crippen molar-refractivity contribution in [3.05, 3.63) is 36.9 Å². The van der Waals surface area contributed by atoms with Crippen LogP contribution in [0.25, 0.3) is 11.1 Å². The van der Waals surface area contributed by atoms with Gasteiger partial charge in [-0.3, -0.25) is 4.90 Å². The molecule has 2 aromatic heterocycles. The maximum atomic E-state index is 5.84. The van der Waals surface area contributed by atoms with Crippen molar-refractivity contribution in [1.82, 2.24) is 24.6 Å². The van der Waals surface area contributed by atoms with Crippen LogP contribution in [0.3, 0.4) is 0 Å². The summed E-state index contributed by atoms with van der Waals surface area (Å²) in [5.74, 6) is 0. The number of hydrogen-bond donors (Lipinski definition) is 0. The Morgan fingerprint density at radius 2 is 1.73 bits per heavy atom. The molecule has 1 aliphatic heterocycles. The van der Waals surface area contributed by atoms with Gasteiger partial charge in [0, 0.05) is 39.3 Å². The summed E-state index contributed by atoms with van der Waals surface area (Å²) >= 11 is 0. The number of oxazole rings is 1. The number of aromatic nitrogens is 4. The summed E-state index contributed by atoms with van der Waals surface area (Å²) in [6.07, 6.45) is 3.52. The molecule has 7 nitrogen and oxygen atoms in total. The minimum Gasteiger partial charge on any atom is -0.423 e. The van der Waals surface area contributed by atoms with Crippen molar-refractivity contribution in [3.63, 3.8) is 0 Å². The maximum absolute atomic E-state index is 5.84. The van der Waals surface area contributed by atoms with Gasteiger partial charge >= 0.3 is 0 Å². The van der Waals surface area contributed by atoms with E-state index in [1.165, 1.54) is 0 Å². The Bertz CT molecular complexity index is 696. The molecular formula is C15H18N6O. The third-order valence-corrected chi connectivity index (χ3v) is 4.07. The number of rotatable bonds is 4. The Morgan fingerprint density at radius 1 is 0.955 bits per heavy atom. The van der Waals surface area contributed by atoms with Crippen molar-refractivity contribution in [2.75, 3.05) is 37.6 Å². The molecule has 1 fully saturated rings. The van der Waals surface area contributed by atoms with Crippen LogP contribution in [0.15, 0.2) is 41.3 Å². The number of nitrogens with zero attached hydrogens (tertiary/aromatic N) is 6. The molecule has 3 heterocycles. The van der Waals surface area contributed by atoms with Crippen molar-refractivity contribution < 1.29 is 4.42 Å². The largest absolute Gasteiger partial charge is 0.423 e. The fourth-order valence-corrected chi connectivity index (χ4v) is 2.75. The Balaban J connectivity index is 1.35. The highest BCUT2D eigenvalue weighted by molar-refractivity contribution is 5.74. The second-order valence-corrected chi connectivity index (χ2v) is 5.49. The third kappa shape index (κ3) is 2.67. The van der Waals surface area contributed by atoms with Gasteiger partial charge in [-0.1, -0.05) is 12.1 Å². The zero-order valence-corrected chi connectivity index (χ0v) is 12.3. The van der Waals surface area contributed by atoms with Gasteiger partial charge in [-0.05, 0) is 12.1 Å². The van der Waals surface area contributed by atoms with Gasteiger partial charge < -0.3 is 13.9 Å². The summed E-state index contributed by atoms with van der Waals surface area (Å²) in [6, 6.07) is 8.64. The monoisotopic (exact) mass is 298 g/mol. The van der Waals surface area contributed by atoms with Crippen molar-refractivity contribution in [2.45, 2.75) is 6.54 Å². The molecule has 0 amide bonds. The standard InChI is InChI=1S/C15H18N6O/c1-2-4-14-13(3-1)18-15(22-14)21-9-7-19(8-10-21)5-6-20-11-16-17-12-20/h1-4,11-12H,5-10H2. The third-order valence-electron chi connectivity index (χ3n) is 4.07. The van der Waals surface area contributed by atoms with Crippen LogP contribution in [0.2, 0.25) is 0 Å². The van der Waals surface area contributed by atoms with Crippen LogP contribution in [0.1, 0.15) is 0 Å². The molecule has 0 spiro atoms. The van der Waals surface area contributed by atoms with Gasteiger partial charge in [0.15, 0.2) is 5.58 Å². The first kappa shape index (κ1) is 13.3. The van der Waals surface area contributed by atoms with Crippen LogP contribution in [-0.4, -0.2) is 57.4 Å². The molecule has 0 radical (unpaired) electrons. The lowest BCUT2D eigenvalue weighted by Gasteiger charge is -2.33. The Morgan fingerprint density at radius 3 is 2.50 bits per heavy atom. The Hall–Kier alpha value is -2.41. The van der Waals surface area contributed by atoms with E-state index < -0.39 is 0 Å². The molecule has 1 aliphatic rings. The van der Waals surface area contributed by atoms with Gasteiger partial charge in [0.1, 0.15) is 18.2 Å². The highest BCUT2D eigenvalue weighted by atomic mass is 16.4. The van der Waals surface area contributed by atoms with Crippen LogP contribution in [0.4, 0.5) is 6.01 Å². The van der Waals surface area contributed by atoms with E-state index in [0.717, 1.165) is 56.4 Å². The number of anilines is 1. The summed E-state index contributed by atoms with van der Waals surface area (Å²) in [4.78, 5) is 9.23. The average Bonchev–Trinajstić information content (AvgIpc) is 3.22. The molecule has 22 heavy (non-hydrogen) atoms. The first-order valence-electron chi connectivity index (χ1n) is 7.54. The van der Waals surface area contributed by atoms with Gasteiger partial charge in [-0.25, -0.2) is 0 Å². The smallest absolute Gasteiger partial charge is 0.298 e. The molecule has 0 saturated carbocycles. The van der Waals surface area contributed by atoms with Crippen molar-refractivity contribution in [3.8, 4) is 0 Å². The molecule has 0 N–H and O–H groups in total. The van der Waals surface area contributed by atoms with E-state index in [4.69, 9.17) is 4.42 Å². The summed E-state index contributed by atoms with van der Waals surface area (Å²) in [5.41, 5.74) is 1.78. The van der Waals surface area contributed by atoms with E-state index in [2.05, 4.69) is 25.0 Å². The lowest BCUT2D eigenvalue weighted by Crippen LogP contribution is -2.47. The number of hydrogen-bond acceptors (Lipinski definition) is 6. The minimum atomic E-state index is 0.736. The van der Waals surface area contributed by atoms with E-state index in [1.807, 2.05) is 28.8 Å². The van der Waals surface area contributed by atoms with Crippen LogP contribution in [0, 0.1) is 0 Å². The highest BCUT2D eigenvalue weighted by Gasteiger charge is 2.20. The fraction of sp³-hybridized carbons (Fsp3) is 0.400. The number of fused-ring (bicyclic) bond motifs is 1. The SMILES string of the molecule is c1ccc2oc(N3CCN(CCn4cnnc4)CC3)nc2c1. The second-order valence-electron chi connectivity index (χ2n) is 5.49. The molecule has 0 bridgehead atoms. The molecule has 1 saturated heterocycles. The van der Waals surface area contributed by atoms with Crippen molar-refractivity contribution >= 4 is 17.1 Å². The number of para-hydroxylation sites is 2. The van der Waals surface area contributed by atoms with Crippen molar-refractivity contribution in [2.24, 2.45) is 0 Å². The Kier molecular flexibility index (Phi) is 3.48. The summed E-state index contributed by atoms with van der Waals surface area (Å²) in [7, 11) is 0. The quantitative estimate of drug-likeness (QED) is 0.722. The van der Waals surface area contributed by atoms with E-state index in [9.17, 15) is 0 Å². The van der Waals surface area contributed by atoms with Gasteiger partial charge in [0.2, 0.25) is 0 Å². The van der Waals surface area contributed by atoms with Gasteiger partial charge in [0.25, 0.3) is 6.01 Å². The maximum Gasteiger partial charge on any atom is 0.298 e. The number of piperazine rings is 1. The molecule has 4 rings (SSSR count). The van der Waals surface area contributed by atoms with Crippen molar-refractivity contribution in [1.29, 1.82) is 0 Å². The molecule has 0 aliphatic carbocycles. The average molecular weight is 298 g/mol.